The van der Waals surface area contributed by atoms with E-state index in [9.17, 15) is 8.42 Å². The van der Waals surface area contributed by atoms with Gasteiger partial charge in [0, 0.05) is 37.9 Å². The van der Waals surface area contributed by atoms with Crippen LogP contribution in [0.15, 0.2) is 36.7 Å². The van der Waals surface area contributed by atoms with E-state index in [0.29, 0.717) is 0 Å². The van der Waals surface area contributed by atoms with Crippen molar-refractivity contribution in [1.29, 1.82) is 0 Å². The number of sulfonamides is 1. The van der Waals surface area contributed by atoms with Gasteiger partial charge in [0.25, 0.3) is 0 Å². The van der Waals surface area contributed by atoms with E-state index in [0.717, 1.165) is 29.8 Å². The zero-order valence-corrected chi connectivity index (χ0v) is 14.6. The van der Waals surface area contributed by atoms with Crippen LogP contribution in [0.5, 0.6) is 0 Å². The summed E-state index contributed by atoms with van der Waals surface area (Å²) in [5, 5.41) is 7.46. The van der Waals surface area contributed by atoms with Crippen molar-refractivity contribution in [1.82, 2.24) is 19.8 Å². The van der Waals surface area contributed by atoms with Gasteiger partial charge >= 0.3 is 0 Å². The van der Waals surface area contributed by atoms with E-state index in [1.807, 2.05) is 57.6 Å². The van der Waals surface area contributed by atoms with Crippen LogP contribution in [0.2, 0.25) is 0 Å². The van der Waals surface area contributed by atoms with Crippen LogP contribution in [0.1, 0.15) is 30.5 Å². The maximum absolute atomic E-state index is 11.9. The van der Waals surface area contributed by atoms with Crippen molar-refractivity contribution >= 4 is 10.0 Å². The minimum atomic E-state index is -3.27. The standard InChI is InChI=1S/C16H24N4O2S/c1-13(2)19-23(21,22)12-15-6-4-14(5-7-15)8-17-9-16-10-18-20(3)11-16/h4-7,10-11,13,17,19H,8-9,12H2,1-3H3. The Balaban J connectivity index is 1.84. The first-order valence-electron chi connectivity index (χ1n) is 7.60. The average molecular weight is 336 g/mol. The summed E-state index contributed by atoms with van der Waals surface area (Å²) < 4.78 is 28.2. The maximum atomic E-state index is 11.9. The molecule has 0 bridgehead atoms. The lowest BCUT2D eigenvalue weighted by atomic mass is 10.1. The molecule has 0 spiro atoms. The van der Waals surface area contributed by atoms with Crippen molar-refractivity contribution in [2.75, 3.05) is 0 Å². The lowest BCUT2D eigenvalue weighted by molar-refractivity contribution is 0.569. The van der Waals surface area contributed by atoms with Crippen LogP contribution >= 0.6 is 0 Å². The molecule has 0 aliphatic heterocycles. The molecule has 0 aliphatic carbocycles. The van der Waals surface area contributed by atoms with Gasteiger partial charge < -0.3 is 5.32 Å². The molecule has 0 unspecified atom stereocenters. The first-order chi connectivity index (χ1) is 10.8. The summed E-state index contributed by atoms with van der Waals surface area (Å²) in [5.74, 6) is 0.00851. The number of hydrogen-bond donors (Lipinski definition) is 2. The molecule has 0 atom stereocenters. The normalized spacial score (nSPS) is 12.0. The van der Waals surface area contributed by atoms with Gasteiger partial charge in [-0.25, -0.2) is 13.1 Å². The fourth-order valence-electron chi connectivity index (χ4n) is 2.29. The van der Waals surface area contributed by atoms with Crippen LogP contribution in [0, 0.1) is 0 Å². The number of nitrogens with one attached hydrogen (secondary N) is 2. The summed E-state index contributed by atoms with van der Waals surface area (Å²) in [7, 11) is -1.38. The smallest absolute Gasteiger partial charge is 0.216 e. The van der Waals surface area contributed by atoms with Gasteiger partial charge in [0.2, 0.25) is 10.0 Å². The Labute approximate surface area is 138 Å². The molecule has 1 aromatic carbocycles. The molecule has 1 aromatic heterocycles. The summed E-state index contributed by atoms with van der Waals surface area (Å²) in [4.78, 5) is 0. The Hall–Kier alpha value is -1.70. The third-order valence-electron chi connectivity index (χ3n) is 3.21. The molecule has 2 aromatic rings. The van der Waals surface area contributed by atoms with Gasteiger partial charge in [0.15, 0.2) is 0 Å². The van der Waals surface area contributed by atoms with E-state index in [-0.39, 0.29) is 11.8 Å². The zero-order chi connectivity index (χ0) is 16.9. The lowest BCUT2D eigenvalue weighted by Crippen LogP contribution is -2.31. The second-order valence-electron chi connectivity index (χ2n) is 5.97. The van der Waals surface area contributed by atoms with Crippen molar-refractivity contribution in [3.8, 4) is 0 Å². The van der Waals surface area contributed by atoms with Gasteiger partial charge in [-0.05, 0) is 25.0 Å². The van der Waals surface area contributed by atoms with Gasteiger partial charge in [0.05, 0.1) is 11.9 Å². The van der Waals surface area contributed by atoms with Gasteiger partial charge in [-0.2, -0.15) is 5.10 Å². The van der Waals surface area contributed by atoms with E-state index in [2.05, 4.69) is 15.1 Å². The van der Waals surface area contributed by atoms with E-state index in [4.69, 9.17) is 0 Å². The number of benzene rings is 1. The molecule has 126 valence electrons. The predicted molar refractivity (Wildman–Crippen MR) is 91.1 cm³/mol. The topological polar surface area (TPSA) is 76.0 Å². The molecule has 2 rings (SSSR count). The molecule has 0 amide bonds. The third-order valence-corrected chi connectivity index (χ3v) is 4.76. The SMILES string of the molecule is CC(C)NS(=O)(=O)Cc1ccc(CNCc2cnn(C)c2)cc1. The third kappa shape index (κ3) is 6.13. The van der Waals surface area contributed by atoms with Crippen LogP contribution in [0.4, 0.5) is 0 Å². The fourth-order valence-corrected chi connectivity index (χ4v) is 3.72. The fraction of sp³-hybridized carbons (Fsp3) is 0.438. The number of rotatable bonds is 8. The van der Waals surface area contributed by atoms with Gasteiger partial charge in [-0.3, -0.25) is 4.68 Å². The van der Waals surface area contributed by atoms with Crippen LogP contribution in [-0.2, 0) is 35.9 Å². The van der Waals surface area contributed by atoms with Crippen LogP contribution < -0.4 is 10.0 Å². The molecule has 0 aliphatic rings. The zero-order valence-electron chi connectivity index (χ0n) is 13.8. The molecule has 0 radical (unpaired) electrons. The summed E-state index contributed by atoms with van der Waals surface area (Å²) in [6.45, 7) is 5.11. The predicted octanol–water partition coefficient (Wildman–Crippen LogP) is 1.54. The second kappa shape index (κ2) is 7.72. The minimum absolute atomic E-state index is 0.00851. The molecule has 7 heteroatoms. The molecular weight excluding hydrogens is 312 g/mol. The summed E-state index contributed by atoms with van der Waals surface area (Å²) in [6, 6.07) is 7.55. The highest BCUT2D eigenvalue weighted by molar-refractivity contribution is 7.88. The molecular formula is C16H24N4O2S. The van der Waals surface area contributed by atoms with E-state index in [1.54, 1.807) is 4.68 Å². The summed E-state index contributed by atoms with van der Waals surface area (Å²) in [6.07, 6.45) is 3.81. The lowest BCUT2D eigenvalue weighted by Gasteiger charge is -2.10. The Morgan fingerprint density at radius 1 is 1.09 bits per heavy atom. The number of hydrogen-bond acceptors (Lipinski definition) is 4. The minimum Gasteiger partial charge on any atom is -0.309 e. The molecule has 0 fully saturated rings. The Morgan fingerprint density at radius 3 is 2.26 bits per heavy atom. The first kappa shape index (κ1) is 17.7. The van der Waals surface area contributed by atoms with Crippen LogP contribution in [0.25, 0.3) is 0 Å². The highest BCUT2D eigenvalue weighted by atomic mass is 32.2. The Bertz CT molecular complexity index is 721. The highest BCUT2D eigenvalue weighted by Gasteiger charge is 2.12. The van der Waals surface area contributed by atoms with E-state index in [1.165, 1.54) is 0 Å². The monoisotopic (exact) mass is 336 g/mol. The van der Waals surface area contributed by atoms with Gasteiger partial charge in [-0.1, -0.05) is 24.3 Å². The molecule has 0 saturated carbocycles. The Morgan fingerprint density at radius 2 is 1.70 bits per heavy atom. The van der Waals surface area contributed by atoms with Crippen molar-refractivity contribution in [2.45, 2.75) is 38.7 Å². The van der Waals surface area contributed by atoms with Crippen molar-refractivity contribution in [3.05, 3.63) is 53.3 Å². The average Bonchev–Trinajstić information content (AvgIpc) is 2.84. The largest absolute Gasteiger partial charge is 0.309 e. The summed E-state index contributed by atoms with van der Waals surface area (Å²) >= 11 is 0. The Kier molecular flexibility index (Phi) is 5.92. The molecule has 6 nitrogen and oxygen atoms in total. The second-order valence-corrected chi connectivity index (χ2v) is 7.73. The number of aromatic nitrogens is 2. The van der Waals surface area contributed by atoms with E-state index >= 15 is 0 Å². The van der Waals surface area contributed by atoms with Crippen LogP contribution in [0.3, 0.4) is 0 Å². The van der Waals surface area contributed by atoms with Gasteiger partial charge in [0.1, 0.15) is 0 Å². The van der Waals surface area contributed by atoms with Gasteiger partial charge in [-0.15, -0.1) is 0 Å². The quantitative estimate of drug-likeness (QED) is 0.767. The van der Waals surface area contributed by atoms with E-state index < -0.39 is 10.0 Å². The summed E-state index contributed by atoms with van der Waals surface area (Å²) in [5.41, 5.74) is 3.04. The van der Waals surface area contributed by atoms with Crippen LogP contribution in [-0.4, -0.2) is 24.2 Å². The van der Waals surface area contributed by atoms with Crippen molar-refractivity contribution in [3.63, 3.8) is 0 Å². The first-order valence-corrected chi connectivity index (χ1v) is 9.25. The maximum Gasteiger partial charge on any atom is 0.216 e. The highest BCUT2D eigenvalue weighted by Crippen LogP contribution is 2.08. The number of aryl methyl sites for hydroxylation is 1. The van der Waals surface area contributed by atoms with Crippen molar-refractivity contribution < 1.29 is 8.42 Å². The number of nitrogens with zero attached hydrogens (tertiary/aromatic N) is 2. The molecule has 2 N–H and O–H groups in total. The molecule has 0 saturated heterocycles. The molecule has 23 heavy (non-hydrogen) atoms. The van der Waals surface area contributed by atoms with Crippen molar-refractivity contribution in [2.24, 2.45) is 7.05 Å². The molecule has 1 heterocycles.